The summed E-state index contributed by atoms with van der Waals surface area (Å²) >= 11 is 6.15. The molecule has 1 N–H and O–H groups in total. The fraction of sp³-hybridized carbons (Fsp3) is 0.105. The standard InChI is InChI=1S/C19H16ClNO2/c1-12-7-8-16(13(2)11-12)21-19(22)18-10-9-17(23-18)14-5-3-4-6-15(14)20/h3-11H,1-2H3,(H,21,22). The van der Waals surface area contributed by atoms with Crippen LogP contribution >= 0.6 is 11.6 Å². The van der Waals surface area contributed by atoms with E-state index in [1.165, 1.54) is 0 Å². The molecule has 23 heavy (non-hydrogen) atoms. The van der Waals surface area contributed by atoms with Crippen molar-refractivity contribution in [2.75, 3.05) is 5.32 Å². The van der Waals surface area contributed by atoms with Gasteiger partial charge in [0.05, 0.1) is 5.02 Å². The molecule has 3 nitrogen and oxygen atoms in total. The topological polar surface area (TPSA) is 42.2 Å². The van der Waals surface area contributed by atoms with Crippen molar-refractivity contribution in [1.82, 2.24) is 0 Å². The quantitative estimate of drug-likeness (QED) is 0.693. The molecule has 0 saturated carbocycles. The monoisotopic (exact) mass is 325 g/mol. The number of rotatable bonds is 3. The van der Waals surface area contributed by atoms with Gasteiger partial charge in [0.25, 0.3) is 5.91 Å². The summed E-state index contributed by atoms with van der Waals surface area (Å²) in [4.78, 5) is 12.3. The highest BCUT2D eigenvalue weighted by Gasteiger charge is 2.14. The van der Waals surface area contributed by atoms with Crippen molar-refractivity contribution in [3.63, 3.8) is 0 Å². The summed E-state index contributed by atoms with van der Waals surface area (Å²) in [6, 6.07) is 16.6. The number of carbonyl (C=O) groups excluding carboxylic acids is 1. The Balaban J connectivity index is 1.83. The van der Waals surface area contributed by atoms with Crippen LogP contribution in [0.5, 0.6) is 0 Å². The van der Waals surface area contributed by atoms with Crippen molar-refractivity contribution in [3.8, 4) is 11.3 Å². The summed E-state index contributed by atoms with van der Waals surface area (Å²) in [7, 11) is 0. The first-order valence-electron chi connectivity index (χ1n) is 7.28. The van der Waals surface area contributed by atoms with Gasteiger partial charge in [-0.1, -0.05) is 41.4 Å². The van der Waals surface area contributed by atoms with Gasteiger partial charge in [-0.15, -0.1) is 0 Å². The summed E-state index contributed by atoms with van der Waals surface area (Å²) in [5.74, 6) is 0.538. The Morgan fingerprint density at radius 3 is 2.57 bits per heavy atom. The average Bonchev–Trinajstić information content (AvgIpc) is 3.00. The van der Waals surface area contributed by atoms with Gasteiger partial charge in [0.1, 0.15) is 5.76 Å². The van der Waals surface area contributed by atoms with E-state index < -0.39 is 0 Å². The predicted octanol–water partition coefficient (Wildman–Crippen LogP) is 5.47. The minimum Gasteiger partial charge on any atom is -0.451 e. The summed E-state index contributed by atoms with van der Waals surface area (Å²) in [6.45, 7) is 3.97. The minimum absolute atomic E-state index is 0.250. The lowest BCUT2D eigenvalue weighted by Crippen LogP contribution is -2.11. The van der Waals surface area contributed by atoms with Crippen LogP contribution in [0.25, 0.3) is 11.3 Å². The Morgan fingerprint density at radius 1 is 1.04 bits per heavy atom. The molecule has 0 atom stereocenters. The molecule has 3 aromatic rings. The number of anilines is 1. The minimum atomic E-state index is -0.282. The maximum absolute atomic E-state index is 12.3. The predicted molar refractivity (Wildman–Crippen MR) is 93.0 cm³/mol. The van der Waals surface area contributed by atoms with Crippen LogP contribution in [0, 0.1) is 13.8 Å². The molecule has 0 bridgehead atoms. The third kappa shape index (κ3) is 3.30. The normalized spacial score (nSPS) is 10.6. The van der Waals surface area contributed by atoms with Gasteiger partial charge in [-0.05, 0) is 49.7 Å². The molecule has 0 saturated heterocycles. The van der Waals surface area contributed by atoms with Gasteiger partial charge >= 0.3 is 0 Å². The van der Waals surface area contributed by atoms with Crippen LogP contribution in [0.1, 0.15) is 21.7 Å². The smallest absolute Gasteiger partial charge is 0.291 e. The number of amides is 1. The van der Waals surface area contributed by atoms with Crippen molar-refractivity contribution in [2.24, 2.45) is 0 Å². The number of hydrogen-bond donors (Lipinski definition) is 1. The molecule has 116 valence electrons. The first kappa shape index (κ1) is 15.4. The van der Waals surface area contributed by atoms with Gasteiger partial charge in [0, 0.05) is 11.3 Å². The van der Waals surface area contributed by atoms with E-state index in [9.17, 15) is 4.79 Å². The number of furan rings is 1. The van der Waals surface area contributed by atoms with Crippen LogP contribution < -0.4 is 5.32 Å². The SMILES string of the molecule is Cc1ccc(NC(=O)c2ccc(-c3ccccc3Cl)o2)c(C)c1. The van der Waals surface area contributed by atoms with Crippen molar-refractivity contribution < 1.29 is 9.21 Å². The van der Waals surface area contributed by atoms with Crippen LogP contribution in [0.4, 0.5) is 5.69 Å². The highest BCUT2D eigenvalue weighted by Crippen LogP contribution is 2.29. The van der Waals surface area contributed by atoms with Crippen LogP contribution in [0.3, 0.4) is 0 Å². The fourth-order valence-corrected chi connectivity index (χ4v) is 2.63. The Labute approximate surface area is 139 Å². The van der Waals surface area contributed by atoms with E-state index in [1.807, 2.05) is 50.2 Å². The van der Waals surface area contributed by atoms with Gasteiger partial charge in [0.2, 0.25) is 0 Å². The Morgan fingerprint density at radius 2 is 1.83 bits per heavy atom. The van der Waals surface area contributed by atoms with Crippen LogP contribution in [0.2, 0.25) is 5.02 Å². The second-order valence-corrected chi connectivity index (χ2v) is 5.82. The van der Waals surface area contributed by atoms with Crippen LogP contribution in [-0.2, 0) is 0 Å². The zero-order chi connectivity index (χ0) is 16.4. The van der Waals surface area contributed by atoms with Gasteiger partial charge in [-0.25, -0.2) is 0 Å². The Hall–Kier alpha value is -2.52. The average molecular weight is 326 g/mol. The zero-order valence-corrected chi connectivity index (χ0v) is 13.6. The molecule has 0 fully saturated rings. The zero-order valence-electron chi connectivity index (χ0n) is 12.9. The van der Waals surface area contributed by atoms with E-state index in [0.29, 0.717) is 10.8 Å². The fourth-order valence-electron chi connectivity index (χ4n) is 2.40. The summed E-state index contributed by atoms with van der Waals surface area (Å²) in [5.41, 5.74) is 3.70. The number of hydrogen-bond acceptors (Lipinski definition) is 2. The number of carbonyl (C=O) groups is 1. The van der Waals surface area contributed by atoms with E-state index >= 15 is 0 Å². The molecular weight excluding hydrogens is 310 g/mol. The van der Waals surface area contributed by atoms with Crippen LogP contribution in [0.15, 0.2) is 59.0 Å². The van der Waals surface area contributed by atoms with Gasteiger partial charge in [-0.3, -0.25) is 4.79 Å². The molecule has 2 aromatic carbocycles. The van der Waals surface area contributed by atoms with Gasteiger partial charge in [-0.2, -0.15) is 0 Å². The molecule has 0 aliphatic rings. The van der Waals surface area contributed by atoms with E-state index in [1.54, 1.807) is 18.2 Å². The summed E-state index contributed by atoms with van der Waals surface area (Å²) < 4.78 is 5.65. The molecule has 0 aliphatic carbocycles. The third-order valence-electron chi connectivity index (χ3n) is 3.60. The molecule has 0 unspecified atom stereocenters. The molecule has 0 aliphatic heterocycles. The molecular formula is C19H16ClNO2. The Bertz CT molecular complexity index is 867. The molecule has 0 spiro atoms. The summed E-state index contributed by atoms with van der Waals surface area (Å²) in [6.07, 6.45) is 0. The highest BCUT2D eigenvalue weighted by atomic mass is 35.5. The van der Waals surface area contributed by atoms with Crippen molar-refractivity contribution in [2.45, 2.75) is 13.8 Å². The maximum Gasteiger partial charge on any atom is 0.291 e. The van der Waals surface area contributed by atoms with Gasteiger partial charge < -0.3 is 9.73 Å². The van der Waals surface area contributed by atoms with E-state index in [0.717, 1.165) is 22.4 Å². The number of halogens is 1. The largest absolute Gasteiger partial charge is 0.451 e. The molecule has 3 rings (SSSR count). The molecule has 1 aromatic heterocycles. The van der Waals surface area contributed by atoms with E-state index in [2.05, 4.69) is 5.32 Å². The lowest BCUT2D eigenvalue weighted by Gasteiger charge is -2.07. The first-order valence-corrected chi connectivity index (χ1v) is 7.66. The van der Waals surface area contributed by atoms with Crippen molar-refractivity contribution >= 4 is 23.2 Å². The maximum atomic E-state index is 12.3. The van der Waals surface area contributed by atoms with E-state index in [4.69, 9.17) is 16.0 Å². The third-order valence-corrected chi connectivity index (χ3v) is 3.93. The van der Waals surface area contributed by atoms with Crippen LogP contribution in [-0.4, -0.2) is 5.91 Å². The molecule has 4 heteroatoms. The second-order valence-electron chi connectivity index (χ2n) is 5.42. The molecule has 0 radical (unpaired) electrons. The van der Waals surface area contributed by atoms with Crippen molar-refractivity contribution in [1.29, 1.82) is 0 Å². The Kier molecular flexibility index (Phi) is 4.22. The summed E-state index contributed by atoms with van der Waals surface area (Å²) in [5, 5.41) is 3.45. The van der Waals surface area contributed by atoms with Crippen molar-refractivity contribution in [3.05, 3.63) is 76.5 Å². The van der Waals surface area contributed by atoms with Gasteiger partial charge in [0.15, 0.2) is 5.76 Å². The first-order chi connectivity index (χ1) is 11.0. The van der Waals surface area contributed by atoms with E-state index in [-0.39, 0.29) is 11.7 Å². The number of benzene rings is 2. The number of nitrogens with one attached hydrogen (secondary N) is 1. The second kappa shape index (κ2) is 6.31. The molecule has 1 amide bonds. The molecule has 1 heterocycles. The highest BCUT2D eigenvalue weighted by molar-refractivity contribution is 6.33. The number of aryl methyl sites for hydroxylation is 2. The lowest BCUT2D eigenvalue weighted by atomic mass is 10.1. The lowest BCUT2D eigenvalue weighted by molar-refractivity contribution is 0.0997.